The van der Waals surface area contributed by atoms with Gasteiger partial charge in [-0.3, -0.25) is 9.36 Å². The number of aliphatic hydroxyl groups is 1. The van der Waals surface area contributed by atoms with Gasteiger partial charge in [0, 0.05) is 6.42 Å². The molecule has 0 aliphatic heterocycles. The number of nitrogens with zero attached hydrogens (tertiary/aromatic N) is 1. The molecule has 9 heteroatoms. The number of phosphoric ester groups is 1. The van der Waals surface area contributed by atoms with Gasteiger partial charge in [0.2, 0.25) is 5.91 Å². The quantitative estimate of drug-likeness (QED) is 0.0272. The summed E-state index contributed by atoms with van der Waals surface area (Å²) in [7, 11) is 1.27. The van der Waals surface area contributed by atoms with E-state index in [-0.39, 0.29) is 19.1 Å². The normalized spacial score (nSPS) is 14.3. The summed E-state index contributed by atoms with van der Waals surface area (Å²) in [5.74, 6) is -0.196. The second-order valence-electron chi connectivity index (χ2n) is 19.6. The van der Waals surface area contributed by atoms with Crippen LogP contribution in [0.1, 0.15) is 251 Å². The molecule has 2 N–H and O–H groups in total. The number of allylic oxidation sites excluding steroid dienone is 5. The van der Waals surface area contributed by atoms with Gasteiger partial charge >= 0.3 is 0 Å². The van der Waals surface area contributed by atoms with Crippen molar-refractivity contribution in [1.29, 1.82) is 0 Å². The van der Waals surface area contributed by atoms with Gasteiger partial charge in [0.25, 0.3) is 7.82 Å². The van der Waals surface area contributed by atoms with E-state index in [4.69, 9.17) is 9.05 Å². The summed E-state index contributed by atoms with van der Waals surface area (Å²) < 4.78 is 23.3. The minimum Gasteiger partial charge on any atom is -0.756 e. The van der Waals surface area contributed by atoms with Gasteiger partial charge in [-0.2, -0.15) is 0 Å². The van der Waals surface area contributed by atoms with Gasteiger partial charge in [-0.15, -0.1) is 0 Å². The molecular weight excluding hydrogens is 804 g/mol. The number of hydrogen-bond donors (Lipinski definition) is 2. The molecule has 0 radical (unpaired) electrons. The van der Waals surface area contributed by atoms with Crippen molar-refractivity contribution in [3.63, 3.8) is 0 Å². The second-order valence-corrected chi connectivity index (χ2v) is 21.0. The molecular formula is C54H105N2O6P. The molecule has 8 nitrogen and oxygen atoms in total. The molecule has 0 saturated heterocycles. The van der Waals surface area contributed by atoms with E-state index in [0.717, 1.165) is 44.9 Å². The van der Waals surface area contributed by atoms with Crippen LogP contribution in [0.25, 0.3) is 0 Å². The minimum atomic E-state index is -4.59. The Morgan fingerprint density at radius 3 is 1.32 bits per heavy atom. The van der Waals surface area contributed by atoms with Gasteiger partial charge in [-0.05, 0) is 51.4 Å². The third kappa shape index (κ3) is 48.5. The average Bonchev–Trinajstić information content (AvgIpc) is 3.24. The molecule has 0 aromatic carbocycles. The molecule has 0 bridgehead atoms. The van der Waals surface area contributed by atoms with Crippen molar-refractivity contribution >= 4 is 13.7 Å². The summed E-state index contributed by atoms with van der Waals surface area (Å²) in [6, 6.07) is -0.883. The predicted octanol–water partition coefficient (Wildman–Crippen LogP) is 15.2. The molecule has 1 amide bonds. The van der Waals surface area contributed by atoms with E-state index in [2.05, 4.69) is 43.5 Å². The van der Waals surface area contributed by atoms with Gasteiger partial charge < -0.3 is 28.8 Å². The third-order valence-corrected chi connectivity index (χ3v) is 13.1. The molecule has 372 valence electrons. The second kappa shape index (κ2) is 45.9. The van der Waals surface area contributed by atoms with Gasteiger partial charge in [0.1, 0.15) is 13.2 Å². The van der Waals surface area contributed by atoms with Gasteiger partial charge in [-0.25, -0.2) is 0 Å². The summed E-state index contributed by atoms with van der Waals surface area (Å²) in [6.07, 6.45) is 57.9. The molecule has 63 heavy (non-hydrogen) atoms. The summed E-state index contributed by atoms with van der Waals surface area (Å²) >= 11 is 0. The van der Waals surface area contributed by atoms with Crippen LogP contribution in [-0.2, 0) is 18.4 Å². The average molecular weight is 909 g/mol. The Bertz CT molecular complexity index is 1120. The minimum absolute atomic E-state index is 0.0000267. The number of rotatable bonds is 49. The number of quaternary nitrogens is 1. The molecule has 0 fully saturated rings. The van der Waals surface area contributed by atoms with Crippen LogP contribution in [0.5, 0.6) is 0 Å². The first-order chi connectivity index (χ1) is 30.5. The van der Waals surface area contributed by atoms with Crippen molar-refractivity contribution in [1.82, 2.24) is 5.32 Å². The maximum Gasteiger partial charge on any atom is 0.268 e. The van der Waals surface area contributed by atoms with E-state index in [0.29, 0.717) is 17.4 Å². The zero-order chi connectivity index (χ0) is 46.4. The number of likely N-dealkylation sites (N-methyl/N-ethyl adjacent to an activating group) is 1. The SMILES string of the molecule is CCCCCCC/C=C\C/C=C\CCCCCCCCCCCCCCCCCCCC(=O)NC(COP(=O)([O-])OCC[N+](C)(C)C)C(O)/C=C/CCCCCCCCCCCC. The van der Waals surface area contributed by atoms with Crippen LogP contribution in [0.15, 0.2) is 36.5 Å². The summed E-state index contributed by atoms with van der Waals surface area (Å²) in [5, 5.41) is 13.8. The van der Waals surface area contributed by atoms with E-state index in [1.807, 2.05) is 27.2 Å². The molecule has 0 spiro atoms. The van der Waals surface area contributed by atoms with Crippen LogP contribution >= 0.6 is 7.82 Å². The van der Waals surface area contributed by atoms with Crippen LogP contribution in [-0.4, -0.2) is 68.5 Å². The molecule has 0 saturated carbocycles. The lowest BCUT2D eigenvalue weighted by Gasteiger charge is -2.29. The molecule has 3 atom stereocenters. The fourth-order valence-corrected chi connectivity index (χ4v) is 8.55. The Balaban J connectivity index is 4.08. The zero-order valence-corrected chi connectivity index (χ0v) is 43.2. The first-order valence-corrected chi connectivity index (χ1v) is 28.3. The lowest BCUT2D eigenvalue weighted by molar-refractivity contribution is -0.870. The molecule has 0 aliphatic carbocycles. The lowest BCUT2D eigenvalue weighted by Crippen LogP contribution is -2.45. The molecule has 0 heterocycles. The first kappa shape index (κ1) is 61.7. The zero-order valence-electron chi connectivity index (χ0n) is 42.3. The Morgan fingerprint density at radius 1 is 0.556 bits per heavy atom. The van der Waals surface area contributed by atoms with Crippen LogP contribution in [0.2, 0.25) is 0 Å². The molecule has 0 aliphatic rings. The smallest absolute Gasteiger partial charge is 0.268 e. The highest BCUT2D eigenvalue weighted by Gasteiger charge is 2.23. The van der Waals surface area contributed by atoms with Crippen molar-refractivity contribution in [2.24, 2.45) is 0 Å². The fourth-order valence-electron chi connectivity index (χ4n) is 7.83. The number of unbranched alkanes of at least 4 members (excludes halogenated alkanes) is 32. The van der Waals surface area contributed by atoms with E-state index < -0.39 is 20.0 Å². The largest absolute Gasteiger partial charge is 0.756 e. The van der Waals surface area contributed by atoms with Crippen LogP contribution in [0.4, 0.5) is 0 Å². The lowest BCUT2D eigenvalue weighted by atomic mass is 10.0. The molecule has 0 aromatic rings. The van der Waals surface area contributed by atoms with Crippen molar-refractivity contribution in [2.75, 3.05) is 40.9 Å². The third-order valence-electron chi connectivity index (χ3n) is 12.1. The van der Waals surface area contributed by atoms with E-state index in [1.165, 1.54) is 186 Å². The highest BCUT2D eigenvalue weighted by Crippen LogP contribution is 2.38. The maximum absolute atomic E-state index is 12.9. The number of hydrogen-bond acceptors (Lipinski definition) is 6. The van der Waals surface area contributed by atoms with E-state index in [1.54, 1.807) is 6.08 Å². The van der Waals surface area contributed by atoms with Crippen LogP contribution in [0.3, 0.4) is 0 Å². The highest BCUT2D eigenvalue weighted by atomic mass is 31.2. The van der Waals surface area contributed by atoms with Crippen molar-refractivity contribution in [3.05, 3.63) is 36.5 Å². The predicted molar refractivity (Wildman–Crippen MR) is 270 cm³/mol. The molecule has 0 rings (SSSR count). The summed E-state index contributed by atoms with van der Waals surface area (Å²) in [5.41, 5.74) is 0. The topological polar surface area (TPSA) is 108 Å². The summed E-state index contributed by atoms with van der Waals surface area (Å²) in [4.78, 5) is 25.4. The van der Waals surface area contributed by atoms with Gasteiger partial charge in [-0.1, -0.05) is 230 Å². The number of phosphoric acid groups is 1. The van der Waals surface area contributed by atoms with Crippen molar-refractivity contribution in [3.8, 4) is 0 Å². The Morgan fingerprint density at radius 2 is 0.921 bits per heavy atom. The molecule has 3 unspecified atom stereocenters. The fraction of sp³-hybridized carbons (Fsp3) is 0.870. The molecule has 0 aromatic heterocycles. The van der Waals surface area contributed by atoms with Crippen LogP contribution in [0, 0.1) is 0 Å². The van der Waals surface area contributed by atoms with Gasteiger partial charge in [0.05, 0.1) is 39.9 Å². The van der Waals surface area contributed by atoms with Crippen LogP contribution < -0.4 is 10.2 Å². The number of aliphatic hydroxyl groups excluding tert-OH is 1. The number of nitrogens with one attached hydrogen (secondary N) is 1. The first-order valence-electron chi connectivity index (χ1n) is 26.9. The van der Waals surface area contributed by atoms with Crippen molar-refractivity contribution < 1.29 is 32.9 Å². The number of amides is 1. The Kier molecular flexibility index (Phi) is 44.9. The highest BCUT2D eigenvalue weighted by molar-refractivity contribution is 7.45. The van der Waals surface area contributed by atoms with Crippen molar-refractivity contribution in [2.45, 2.75) is 264 Å². The Labute approximate surface area is 391 Å². The summed E-state index contributed by atoms with van der Waals surface area (Å²) in [6.45, 7) is 4.64. The number of carbonyl (C=O) groups excluding carboxylic acids is 1. The van der Waals surface area contributed by atoms with Gasteiger partial charge in [0.15, 0.2) is 0 Å². The van der Waals surface area contributed by atoms with E-state index in [9.17, 15) is 19.4 Å². The Hall–Kier alpha value is -1.28. The standard InChI is InChI=1S/C54H105N2O6P/c1-6-8-10-12-14-16-18-20-21-22-23-24-25-26-27-28-29-30-31-32-33-34-35-36-38-40-42-44-46-48-54(58)55-52(51-62-63(59,60)61-50-49-56(3,4)5)53(57)47-45-43-41-39-37-19-17-15-13-11-9-7-2/h18,20,22-23,45,47,52-53,57H,6-17,19,21,24-44,46,48-51H2,1-5H3,(H-,55,58,59,60)/b20-18-,23-22-,47-45+. The maximum atomic E-state index is 12.9. The monoisotopic (exact) mass is 909 g/mol. The number of carbonyl (C=O) groups is 1. The van der Waals surface area contributed by atoms with E-state index >= 15 is 0 Å².